The van der Waals surface area contributed by atoms with E-state index < -0.39 is 72.5 Å². The number of amides is 2. The minimum atomic E-state index is -1.79. The average molecular weight is 686 g/mol. The number of carbonyl (C=O) groups is 3. The summed E-state index contributed by atoms with van der Waals surface area (Å²) in [7, 11) is 0. The van der Waals surface area contributed by atoms with E-state index in [1.807, 2.05) is 6.92 Å². The van der Waals surface area contributed by atoms with Gasteiger partial charge in [0.15, 0.2) is 12.0 Å². The molecule has 0 aromatic heterocycles. The number of allylic oxidation sites excluding steroid dienone is 13. The highest BCUT2D eigenvalue weighted by Crippen LogP contribution is 2.32. The third kappa shape index (κ3) is 9.74. The maximum absolute atomic E-state index is 13.1. The van der Waals surface area contributed by atoms with E-state index in [1.54, 1.807) is 54.7 Å². The van der Waals surface area contributed by atoms with Crippen LogP contribution in [0.5, 0.6) is 0 Å². The molecule has 3 heterocycles. The summed E-state index contributed by atoms with van der Waals surface area (Å²) in [5.74, 6) is -3.54. The van der Waals surface area contributed by atoms with Gasteiger partial charge in [0, 0.05) is 10.1 Å². The molecule has 3 aliphatic rings. The van der Waals surface area contributed by atoms with Crippen LogP contribution < -0.4 is 5.73 Å². The molecule has 3 aliphatic heterocycles. The normalized spacial score (nSPS) is 33.4. The second kappa shape index (κ2) is 17.1. The quantitative estimate of drug-likeness (QED) is 0.0719. The van der Waals surface area contributed by atoms with Gasteiger partial charge in [0.1, 0.15) is 41.8 Å². The van der Waals surface area contributed by atoms with Gasteiger partial charge in [0.25, 0.3) is 5.91 Å². The van der Waals surface area contributed by atoms with E-state index in [0.29, 0.717) is 10.1 Å². The summed E-state index contributed by atoms with van der Waals surface area (Å²) in [5, 5.41) is 41.4. The number of aliphatic hydroxyl groups excluding tert-OH is 4. The molecule has 11 nitrogen and oxygen atoms in total. The van der Waals surface area contributed by atoms with Gasteiger partial charge in [-0.15, -0.1) is 11.6 Å². The number of halogens is 3. The Labute approximate surface area is 275 Å². The topological polar surface area (TPSA) is 180 Å². The largest absolute Gasteiger partial charge is 0.507 e. The Kier molecular flexibility index (Phi) is 13.8. The van der Waals surface area contributed by atoms with Crippen molar-refractivity contribution in [1.29, 1.82) is 0 Å². The summed E-state index contributed by atoms with van der Waals surface area (Å²) in [5.41, 5.74) is 4.61. The minimum absolute atomic E-state index is 0.0532. The van der Waals surface area contributed by atoms with Crippen LogP contribution in [0.3, 0.4) is 0 Å². The molecule has 14 heteroatoms. The lowest BCUT2D eigenvalue weighted by atomic mass is 10.0. The Morgan fingerprint density at radius 2 is 1.62 bits per heavy atom. The predicted molar refractivity (Wildman–Crippen MR) is 169 cm³/mol. The summed E-state index contributed by atoms with van der Waals surface area (Å²) in [6.07, 6.45) is 12.5. The lowest BCUT2D eigenvalue weighted by molar-refractivity contribution is -0.229. The van der Waals surface area contributed by atoms with Gasteiger partial charge in [-0.25, -0.2) is 0 Å². The van der Waals surface area contributed by atoms with E-state index >= 15 is 0 Å². The number of hydrogen-bond acceptors (Lipinski definition) is 9. The second-order valence-corrected chi connectivity index (χ2v) is 11.8. The van der Waals surface area contributed by atoms with Crippen molar-refractivity contribution in [3.63, 3.8) is 0 Å². The van der Waals surface area contributed by atoms with Crippen molar-refractivity contribution in [1.82, 2.24) is 4.90 Å². The molecule has 0 radical (unpaired) electrons. The number of rotatable bonds is 11. The number of carbonyl (C=O) groups excluding carboxylic acids is 3. The van der Waals surface area contributed by atoms with Crippen LogP contribution in [0.25, 0.3) is 0 Å². The third-order valence-electron chi connectivity index (χ3n) is 6.96. The number of Topliss-reactive ketones (excluding diaryl/α,β-unsaturated/α-hetero) is 1. The van der Waals surface area contributed by atoms with E-state index in [2.05, 4.69) is 0 Å². The van der Waals surface area contributed by atoms with Crippen LogP contribution in [-0.2, 0) is 23.9 Å². The first-order valence-electron chi connectivity index (χ1n) is 13.9. The molecular formula is C31H35Cl3N2O9. The van der Waals surface area contributed by atoms with Crippen LogP contribution in [0.2, 0.25) is 0 Å². The number of ketones is 1. The van der Waals surface area contributed by atoms with E-state index in [4.69, 9.17) is 50.0 Å². The molecule has 2 unspecified atom stereocenters. The van der Waals surface area contributed by atoms with Crippen molar-refractivity contribution in [2.24, 2.45) is 5.73 Å². The van der Waals surface area contributed by atoms with E-state index in [1.165, 1.54) is 12.2 Å². The fraction of sp³-hybridized carbons (Fsp3) is 0.387. The number of ether oxygens (including phenoxy) is 2. The maximum Gasteiger partial charge on any atom is 0.264 e. The highest BCUT2D eigenvalue weighted by Gasteiger charge is 2.53. The lowest BCUT2D eigenvalue weighted by Crippen LogP contribution is -2.61. The first-order chi connectivity index (χ1) is 21.3. The number of primary amides is 1. The Bertz CT molecular complexity index is 1370. The van der Waals surface area contributed by atoms with Crippen LogP contribution in [0.4, 0.5) is 0 Å². The van der Waals surface area contributed by atoms with Crippen molar-refractivity contribution in [2.75, 3.05) is 6.61 Å². The number of nitrogens with two attached hydrogens (primary N) is 1. The summed E-state index contributed by atoms with van der Waals surface area (Å²) < 4.78 is 11.0. The standard InChI is InChI=1S/C31H35Cl3N2O9/c1-17-14-20(34)29(45-17)19(33)12-9-11-18(32)10-7-5-3-2-4-6-8-13-22(37)25-26(40)21(15-24(35)39)36(30(25)43)31-28(42)27(41)23(38)16-44-31/h2-13,17,20-21,23,27-29,31,37-38,41-42H,14-16H2,1H3,(H2,35,39)/b3-2+,6-4+,7-5+,11-9+,13-8+,18-10-,19-12-,25-22-/t17-,20+,21+,23-,27-,28?,29?,31-/m1/s1. The zero-order valence-electron chi connectivity index (χ0n) is 24.2. The number of alkyl halides is 1. The molecule has 6 N–H and O–H groups in total. The van der Waals surface area contributed by atoms with Crippen LogP contribution in [0.15, 0.2) is 94.3 Å². The molecular weight excluding hydrogens is 651 g/mol. The molecule has 0 bridgehead atoms. The van der Waals surface area contributed by atoms with Gasteiger partial charge in [-0.2, -0.15) is 0 Å². The molecule has 3 fully saturated rings. The molecule has 244 valence electrons. The number of nitrogens with zero attached hydrogens (tertiary/aromatic N) is 1. The zero-order valence-corrected chi connectivity index (χ0v) is 26.4. The first kappa shape index (κ1) is 36.5. The summed E-state index contributed by atoms with van der Waals surface area (Å²) >= 11 is 18.7. The van der Waals surface area contributed by atoms with Gasteiger partial charge in [0.05, 0.1) is 24.5 Å². The van der Waals surface area contributed by atoms with Gasteiger partial charge in [-0.05, 0) is 37.6 Å². The Morgan fingerprint density at radius 1 is 0.978 bits per heavy atom. The Morgan fingerprint density at radius 3 is 2.24 bits per heavy atom. The fourth-order valence-electron chi connectivity index (χ4n) is 4.76. The van der Waals surface area contributed by atoms with E-state index in [-0.39, 0.29) is 17.6 Å². The van der Waals surface area contributed by atoms with Crippen LogP contribution in [0, 0.1) is 0 Å². The zero-order chi connectivity index (χ0) is 33.3. The smallest absolute Gasteiger partial charge is 0.264 e. The average Bonchev–Trinajstić information content (AvgIpc) is 3.44. The number of hydrogen-bond donors (Lipinski definition) is 5. The molecule has 45 heavy (non-hydrogen) atoms. The van der Waals surface area contributed by atoms with E-state index in [0.717, 1.165) is 17.4 Å². The van der Waals surface area contributed by atoms with Gasteiger partial charge >= 0.3 is 0 Å². The molecule has 8 atom stereocenters. The van der Waals surface area contributed by atoms with Crippen molar-refractivity contribution in [3.8, 4) is 0 Å². The highest BCUT2D eigenvalue weighted by atomic mass is 35.5. The van der Waals surface area contributed by atoms with Crippen molar-refractivity contribution in [2.45, 2.75) is 67.9 Å². The maximum atomic E-state index is 13.1. The Hall–Kier alpha value is -3.00. The molecule has 0 spiro atoms. The van der Waals surface area contributed by atoms with Crippen molar-refractivity contribution in [3.05, 3.63) is 94.3 Å². The number of aliphatic hydroxyl groups is 4. The van der Waals surface area contributed by atoms with Gasteiger partial charge in [-0.1, -0.05) is 71.8 Å². The third-order valence-corrected chi connectivity index (χ3v) is 7.96. The van der Waals surface area contributed by atoms with Crippen molar-refractivity contribution < 1.29 is 44.3 Å². The second-order valence-electron chi connectivity index (χ2n) is 10.4. The number of likely N-dealkylation sites (tertiary alicyclic amines) is 1. The van der Waals surface area contributed by atoms with Crippen LogP contribution in [-0.4, -0.2) is 97.7 Å². The monoisotopic (exact) mass is 684 g/mol. The summed E-state index contributed by atoms with van der Waals surface area (Å²) in [6.45, 7) is 1.50. The molecule has 0 aromatic rings. The lowest BCUT2D eigenvalue weighted by Gasteiger charge is -2.41. The SMILES string of the molecule is C[C@@H]1C[C@H](Cl)C(/C(Cl)=C/C=C/C(Cl)=C/C=C/C=C/C=C/C=C/C(O)=C2\C(=O)[C@H](CC(N)=O)N([C@@H]3OC[C@@H](O)[C@@H](O)C3O)C2=O)O1. The molecule has 0 aliphatic carbocycles. The molecule has 2 amide bonds. The van der Waals surface area contributed by atoms with Crippen LogP contribution in [0.1, 0.15) is 19.8 Å². The summed E-state index contributed by atoms with van der Waals surface area (Å²) in [6, 6.07) is -1.48. The van der Waals surface area contributed by atoms with Gasteiger partial charge < -0.3 is 35.6 Å². The summed E-state index contributed by atoms with van der Waals surface area (Å²) in [4.78, 5) is 38.5. The van der Waals surface area contributed by atoms with Gasteiger partial charge in [-0.3, -0.25) is 19.3 Å². The molecule has 0 aromatic carbocycles. The van der Waals surface area contributed by atoms with Gasteiger partial charge in [0.2, 0.25) is 5.91 Å². The predicted octanol–water partition coefficient (Wildman–Crippen LogP) is 2.70. The minimum Gasteiger partial charge on any atom is -0.507 e. The fourth-order valence-corrected chi connectivity index (χ4v) is 5.70. The molecule has 3 rings (SSSR count). The highest BCUT2D eigenvalue weighted by molar-refractivity contribution is 6.32. The van der Waals surface area contributed by atoms with Crippen molar-refractivity contribution >= 4 is 52.4 Å². The first-order valence-corrected chi connectivity index (χ1v) is 15.1. The van der Waals surface area contributed by atoms with E-state index in [9.17, 15) is 34.8 Å². The molecule has 3 saturated heterocycles. The Balaban J connectivity index is 1.58. The molecule has 0 saturated carbocycles. The van der Waals surface area contributed by atoms with Crippen LogP contribution >= 0.6 is 34.8 Å².